The minimum absolute atomic E-state index is 0.119. The molecule has 1 aliphatic rings. The third kappa shape index (κ3) is 4.07. The van der Waals surface area contributed by atoms with Crippen molar-refractivity contribution < 1.29 is 14.6 Å². The fourth-order valence-electron chi connectivity index (χ4n) is 3.12. The maximum Gasteiger partial charge on any atom is 0.333 e. The first-order valence-electron chi connectivity index (χ1n) is 7.50. The Morgan fingerprint density at radius 1 is 1.42 bits per heavy atom. The average molecular weight is 268 g/mol. The van der Waals surface area contributed by atoms with Crippen LogP contribution < -0.4 is 0 Å². The third-order valence-corrected chi connectivity index (χ3v) is 4.53. The second-order valence-electron chi connectivity index (χ2n) is 5.80. The number of esters is 1. The molecule has 1 saturated carbocycles. The average Bonchev–Trinajstić information content (AvgIpc) is 2.96. The molecule has 19 heavy (non-hydrogen) atoms. The van der Waals surface area contributed by atoms with Crippen molar-refractivity contribution in [1.29, 1.82) is 0 Å². The van der Waals surface area contributed by atoms with Gasteiger partial charge in [0.15, 0.2) is 0 Å². The van der Waals surface area contributed by atoms with Gasteiger partial charge in [0.2, 0.25) is 0 Å². The van der Waals surface area contributed by atoms with Crippen molar-refractivity contribution in [2.75, 3.05) is 13.2 Å². The second-order valence-corrected chi connectivity index (χ2v) is 5.80. The van der Waals surface area contributed by atoms with E-state index in [0.29, 0.717) is 18.1 Å². The number of rotatable bonds is 7. The van der Waals surface area contributed by atoms with Crippen molar-refractivity contribution in [3.05, 3.63) is 11.6 Å². The summed E-state index contributed by atoms with van der Waals surface area (Å²) in [5, 5.41) is 9.87. The van der Waals surface area contributed by atoms with Gasteiger partial charge in [0.1, 0.15) is 0 Å². The molecule has 0 heterocycles. The summed E-state index contributed by atoms with van der Waals surface area (Å²) in [7, 11) is 0. The molecule has 1 N–H and O–H groups in total. The molecule has 1 rings (SSSR count). The second kappa shape index (κ2) is 7.68. The van der Waals surface area contributed by atoms with Crippen LogP contribution in [-0.4, -0.2) is 24.3 Å². The Bertz CT molecular complexity index is 316. The van der Waals surface area contributed by atoms with Gasteiger partial charge in [-0.2, -0.15) is 0 Å². The van der Waals surface area contributed by atoms with Crippen molar-refractivity contribution >= 4 is 5.97 Å². The van der Waals surface area contributed by atoms with Gasteiger partial charge >= 0.3 is 5.97 Å². The Morgan fingerprint density at radius 2 is 2.05 bits per heavy atom. The minimum atomic E-state index is -0.255. The Hall–Kier alpha value is -0.830. The van der Waals surface area contributed by atoms with Crippen LogP contribution in [0.5, 0.6) is 0 Å². The van der Waals surface area contributed by atoms with Gasteiger partial charge < -0.3 is 9.84 Å². The lowest BCUT2D eigenvalue weighted by Crippen LogP contribution is -2.38. The van der Waals surface area contributed by atoms with Crippen LogP contribution in [0.25, 0.3) is 0 Å². The van der Waals surface area contributed by atoms with Gasteiger partial charge in [-0.25, -0.2) is 4.79 Å². The predicted molar refractivity (Wildman–Crippen MR) is 76.8 cm³/mol. The molecule has 0 aromatic carbocycles. The zero-order valence-corrected chi connectivity index (χ0v) is 12.6. The molecule has 0 spiro atoms. The van der Waals surface area contributed by atoms with E-state index in [1.807, 2.05) is 6.92 Å². The van der Waals surface area contributed by atoms with Crippen LogP contribution in [0.3, 0.4) is 0 Å². The molecule has 1 atom stereocenters. The first kappa shape index (κ1) is 16.2. The van der Waals surface area contributed by atoms with Gasteiger partial charge in [-0.3, -0.25) is 0 Å². The predicted octanol–water partition coefficient (Wildman–Crippen LogP) is 3.46. The Kier molecular flexibility index (Phi) is 6.56. The normalized spacial score (nSPS) is 20.3. The quantitative estimate of drug-likeness (QED) is 0.568. The van der Waals surface area contributed by atoms with E-state index in [9.17, 15) is 9.90 Å². The van der Waals surface area contributed by atoms with Crippen molar-refractivity contribution in [3.8, 4) is 0 Å². The van der Waals surface area contributed by atoms with Gasteiger partial charge in [-0.1, -0.05) is 32.3 Å². The maximum atomic E-state index is 11.8. The molecule has 3 nitrogen and oxygen atoms in total. The van der Waals surface area contributed by atoms with Crippen molar-refractivity contribution in [2.24, 2.45) is 11.3 Å². The van der Waals surface area contributed by atoms with E-state index in [0.717, 1.165) is 25.7 Å². The number of carbonyl (C=O) groups excluding carboxylic acids is 1. The molecule has 3 heteroatoms. The molecule has 0 aliphatic heterocycles. The number of hydrogen-bond acceptors (Lipinski definition) is 3. The van der Waals surface area contributed by atoms with Crippen LogP contribution in [0.1, 0.15) is 59.3 Å². The highest BCUT2D eigenvalue weighted by Crippen LogP contribution is 2.43. The molecule has 0 saturated heterocycles. The molecule has 1 fully saturated rings. The molecule has 0 amide bonds. The fourth-order valence-corrected chi connectivity index (χ4v) is 3.12. The van der Waals surface area contributed by atoms with E-state index in [-0.39, 0.29) is 18.0 Å². The number of allylic oxidation sites excluding steroid dienone is 1. The summed E-state index contributed by atoms with van der Waals surface area (Å²) in [5.74, 6) is 0.241. The smallest absolute Gasteiger partial charge is 0.333 e. The monoisotopic (exact) mass is 268 g/mol. The summed E-state index contributed by atoms with van der Waals surface area (Å²) in [6, 6.07) is 0. The fraction of sp³-hybridized carbons (Fsp3) is 0.812. The Labute approximate surface area is 117 Å². The maximum absolute atomic E-state index is 11.8. The van der Waals surface area contributed by atoms with Gasteiger partial charge in [-0.05, 0) is 39.0 Å². The molecule has 0 radical (unpaired) electrons. The highest BCUT2D eigenvalue weighted by Gasteiger charge is 2.40. The van der Waals surface area contributed by atoms with Gasteiger partial charge in [0.25, 0.3) is 0 Å². The third-order valence-electron chi connectivity index (χ3n) is 4.53. The lowest BCUT2D eigenvalue weighted by molar-refractivity contribution is -0.146. The summed E-state index contributed by atoms with van der Waals surface area (Å²) in [5.41, 5.74) is 0.407. The SMILES string of the molecule is CC=C(C)C(=O)OCC(CO)(CCC)C1CCCC1. The summed E-state index contributed by atoms with van der Waals surface area (Å²) < 4.78 is 5.45. The van der Waals surface area contributed by atoms with E-state index in [4.69, 9.17) is 4.74 Å². The highest BCUT2D eigenvalue weighted by molar-refractivity contribution is 5.87. The summed E-state index contributed by atoms with van der Waals surface area (Å²) >= 11 is 0. The molecule has 0 aromatic rings. The Balaban J connectivity index is 2.70. The van der Waals surface area contributed by atoms with E-state index < -0.39 is 0 Å². The van der Waals surface area contributed by atoms with E-state index in [2.05, 4.69) is 6.92 Å². The summed E-state index contributed by atoms with van der Waals surface area (Å²) in [4.78, 5) is 11.8. The van der Waals surface area contributed by atoms with Gasteiger partial charge in [0.05, 0.1) is 13.2 Å². The summed E-state index contributed by atoms with van der Waals surface area (Å²) in [6.07, 6.45) is 8.48. The first-order chi connectivity index (χ1) is 9.09. The molecule has 0 aromatic heterocycles. The number of carbonyl (C=O) groups is 1. The van der Waals surface area contributed by atoms with E-state index >= 15 is 0 Å². The minimum Gasteiger partial charge on any atom is -0.462 e. The highest BCUT2D eigenvalue weighted by atomic mass is 16.5. The molecular weight excluding hydrogens is 240 g/mol. The van der Waals surface area contributed by atoms with Crippen LogP contribution in [0.4, 0.5) is 0 Å². The van der Waals surface area contributed by atoms with Crippen LogP contribution >= 0.6 is 0 Å². The van der Waals surface area contributed by atoms with Crippen molar-refractivity contribution in [2.45, 2.75) is 59.3 Å². The molecule has 1 unspecified atom stereocenters. The molecule has 1 aliphatic carbocycles. The molecule has 110 valence electrons. The number of aliphatic hydroxyl groups excluding tert-OH is 1. The topological polar surface area (TPSA) is 46.5 Å². The van der Waals surface area contributed by atoms with E-state index in [1.54, 1.807) is 13.0 Å². The number of aliphatic hydroxyl groups is 1. The zero-order valence-electron chi connectivity index (χ0n) is 12.6. The lowest BCUT2D eigenvalue weighted by Gasteiger charge is -2.37. The van der Waals surface area contributed by atoms with Crippen molar-refractivity contribution in [1.82, 2.24) is 0 Å². The number of ether oxygens (including phenoxy) is 1. The van der Waals surface area contributed by atoms with Crippen LogP contribution in [0.15, 0.2) is 11.6 Å². The Morgan fingerprint density at radius 3 is 2.53 bits per heavy atom. The number of hydrogen-bond donors (Lipinski definition) is 1. The van der Waals surface area contributed by atoms with Crippen molar-refractivity contribution in [3.63, 3.8) is 0 Å². The van der Waals surface area contributed by atoms with Gasteiger partial charge in [0, 0.05) is 11.0 Å². The molecule has 0 bridgehead atoms. The van der Waals surface area contributed by atoms with E-state index in [1.165, 1.54) is 12.8 Å². The summed E-state index contributed by atoms with van der Waals surface area (Å²) in [6.45, 7) is 6.19. The van der Waals surface area contributed by atoms with Crippen LogP contribution in [0, 0.1) is 11.3 Å². The standard InChI is InChI=1S/C16H28O3/c1-4-10-16(11-17,14-8-6-7-9-14)12-19-15(18)13(3)5-2/h5,14,17H,4,6-12H2,1-3H3. The van der Waals surface area contributed by atoms with Crippen LogP contribution in [-0.2, 0) is 9.53 Å². The first-order valence-corrected chi connectivity index (χ1v) is 7.50. The zero-order chi connectivity index (χ0) is 14.3. The largest absolute Gasteiger partial charge is 0.462 e. The molecular formula is C16H28O3. The van der Waals surface area contributed by atoms with Gasteiger partial charge in [-0.15, -0.1) is 0 Å². The lowest BCUT2D eigenvalue weighted by atomic mass is 9.72. The van der Waals surface area contributed by atoms with Crippen LogP contribution in [0.2, 0.25) is 0 Å².